The largest absolute Gasteiger partial charge is 0.456 e. The zero-order valence-corrected chi connectivity index (χ0v) is 8.27. The molecule has 1 radical (unpaired) electrons. The first-order chi connectivity index (χ1) is 6.83. The van der Waals surface area contributed by atoms with Gasteiger partial charge in [-0.15, -0.1) is 0 Å². The molecular formula is C11H14NO2. The van der Waals surface area contributed by atoms with Gasteiger partial charge in [0.25, 0.3) is 0 Å². The summed E-state index contributed by atoms with van der Waals surface area (Å²) in [4.78, 5) is 11.9. The number of hydrogen-bond donors (Lipinski definition) is 0. The molecule has 1 rings (SSSR count). The normalized spacial score (nSPS) is 10.1. The van der Waals surface area contributed by atoms with Crippen molar-refractivity contribution in [1.29, 1.82) is 0 Å². The molecule has 0 unspecified atom stereocenters. The number of rotatable bonds is 6. The minimum absolute atomic E-state index is 0.396. The smallest absolute Gasteiger partial charge is 0.417 e. The first-order valence-electron chi connectivity index (χ1n) is 4.54. The predicted octanol–water partition coefficient (Wildman–Crippen LogP) is 1.20. The van der Waals surface area contributed by atoms with Gasteiger partial charge in [-0.1, -0.05) is 30.3 Å². The third-order valence-electron chi connectivity index (χ3n) is 1.93. The van der Waals surface area contributed by atoms with Crippen LogP contribution >= 0.6 is 0 Å². The van der Waals surface area contributed by atoms with Crippen LogP contribution in [0.3, 0.4) is 0 Å². The number of likely N-dealkylation sites (N-methyl/N-ethyl adjacent to an activating group) is 1. The fourth-order valence-corrected chi connectivity index (χ4v) is 1.22. The van der Waals surface area contributed by atoms with Crippen molar-refractivity contribution in [1.82, 2.24) is 4.90 Å². The molecule has 14 heavy (non-hydrogen) atoms. The summed E-state index contributed by atoms with van der Waals surface area (Å²) in [6.45, 7) is 3.40. The van der Waals surface area contributed by atoms with Crippen LogP contribution in [0.15, 0.2) is 30.3 Å². The summed E-state index contributed by atoms with van der Waals surface area (Å²) in [5.41, 5.74) is 1.25. The maximum Gasteiger partial charge on any atom is 0.417 e. The Morgan fingerprint density at radius 1 is 1.36 bits per heavy atom. The van der Waals surface area contributed by atoms with Gasteiger partial charge in [-0.05, 0) is 12.6 Å². The van der Waals surface area contributed by atoms with Crippen molar-refractivity contribution in [3.63, 3.8) is 0 Å². The maximum atomic E-state index is 9.78. The highest BCUT2D eigenvalue weighted by atomic mass is 16.5. The Morgan fingerprint density at radius 2 is 2.07 bits per heavy atom. The topological polar surface area (TPSA) is 29.5 Å². The van der Waals surface area contributed by atoms with Crippen LogP contribution in [-0.2, 0) is 16.1 Å². The van der Waals surface area contributed by atoms with E-state index in [4.69, 9.17) is 0 Å². The van der Waals surface area contributed by atoms with Crippen LogP contribution in [0.25, 0.3) is 0 Å². The number of hydrogen-bond acceptors (Lipinski definition) is 3. The molecule has 0 saturated heterocycles. The number of benzene rings is 1. The summed E-state index contributed by atoms with van der Waals surface area (Å²) < 4.78 is 4.49. The minimum atomic E-state index is 0.396. The second-order valence-electron chi connectivity index (χ2n) is 3.16. The van der Waals surface area contributed by atoms with Crippen LogP contribution in [0, 0.1) is 0 Å². The van der Waals surface area contributed by atoms with Crippen LogP contribution in [0.1, 0.15) is 5.56 Å². The average Bonchev–Trinajstić information content (AvgIpc) is 2.20. The third kappa shape index (κ3) is 4.05. The average molecular weight is 192 g/mol. The van der Waals surface area contributed by atoms with E-state index in [2.05, 4.69) is 21.8 Å². The molecule has 0 heterocycles. The fraction of sp³-hybridized carbons (Fsp3) is 0.364. The second kappa shape index (κ2) is 6.16. The molecule has 0 saturated carbocycles. The van der Waals surface area contributed by atoms with Gasteiger partial charge in [0, 0.05) is 13.1 Å². The van der Waals surface area contributed by atoms with E-state index in [1.165, 1.54) is 12.0 Å². The van der Waals surface area contributed by atoms with Gasteiger partial charge < -0.3 is 4.74 Å². The molecule has 0 fully saturated rings. The Hall–Kier alpha value is -1.35. The zero-order chi connectivity index (χ0) is 10.2. The SMILES string of the molecule is CN(CCO[C]=O)Cc1ccccc1. The Bertz CT molecular complexity index is 261. The van der Waals surface area contributed by atoms with E-state index in [1.807, 2.05) is 25.2 Å². The molecule has 0 aliphatic carbocycles. The van der Waals surface area contributed by atoms with Gasteiger partial charge in [0.05, 0.1) is 0 Å². The van der Waals surface area contributed by atoms with Gasteiger partial charge in [-0.3, -0.25) is 4.90 Å². The molecular weight excluding hydrogens is 178 g/mol. The molecule has 0 amide bonds. The van der Waals surface area contributed by atoms with E-state index in [0.29, 0.717) is 6.61 Å². The number of carbonyl (C=O) groups excluding carboxylic acids is 1. The Labute approximate surface area is 84.3 Å². The molecule has 75 valence electrons. The lowest BCUT2D eigenvalue weighted by Gasteiger charge is -2.15. The Morgan fingerprint density at radius 3 is 2.71 bits per heavy atom. The van der Waals surface area contributed by atoms with E-state index in [9.17, 15) is 4.79 Å². The van der Waals surface area contributed by atoms with E-state index in [-0.39, 0.29) is 0 Å². The van der Waals surface area contributed by atoms with Gasteiger partial charge in [0.1, 0.15) is 6.61 Å². The Balaban J connectivity index is 2.26. The quantitative estimate of drug-likeness (QED) is 0.634. The van der Waals surface area contributed by atoms with Crippen molar-refractivity contribution in [3.05, 3.63) is 35.9 Å². The zero-order valence-electron chi connectivity index (χ0n) is 8.27. The molecule has 0 N–H and O–H groups in total. The summed E-state index contributed by atoms with van der Waals surface area (Å²) in [6, 6.07) is 10.2. The van der Waals surface area contributed by atoms with Gasteiger partial charge in [-0.25, -0.2) is 4.79 Å². The first-order valence-corrected chi connectivity index (χ1v) is 4.54. The highest BCUT2D eigenvalue weighted by Gasteiger charge is 1.99. The maximum absolute atomic E-state index is 9.78. The van der Waals surface area contributed by atoms with Crippen molar-refractivity contribution in [2.75, 3.05) is 20.2 Å². The van der Waals surface area contributed by atoms with Crippen molar-refractivity contribution < 1.29 is 9.53 Å². The molecule has 1 aromatic carbocycles. The van der Waals surface area contributed by atoms with Crippen LogP contribution in [0.5, 0.6) is 0 Å². The van der Waals surface area contributed by atoms with Crippen LogP contribution < -0.4 is 0 Å². The summed E-state index contributed by atoms with van der Waals surface area (Å²) in [6.07, 6.45) is 0. The van der Waals surface area contributed by atoms with E-state index in [1.54, 1.807) is 0 Å². The van der Waals surface area contributed by atoms with E-state index in [0.717, 1.165) is 13.1 Å². The predicted molar refractivity (Wildman–Crippen MR) is 54.4 cm³/mol. The molecule has 3 nitrogen and oxygen atoms in total. The van der Waals surface area contributed by atoms with Gasteiger partial charge in [-0.2, -0.15) is 0 Å². The van der Waals surface area contributed by atoms with Crippen LogP contribution in [0.2, 0.25) is 0 Å². The monoisotopic (exact) mass is 192 g/mol. The molecule has 0 spiro atoms. The first kappa shape index (κ1) is 10.7. The lowest BCUT2D eigenvalue weighted by atomic mass is 10.2. The lowest BCUT2D eigenvalue weighted by molar-refractivity contribution is 0.215. The van der Waals surface area contributed by atoms with E-state index < -0.39 is 0 Å². The summed E-state index contributed by atoms with van der Waals surface area (Å²) >= 11 is 0. The summed E-state index contributed by atoms with van der Waals surface area (Å²) in [5.74, 6) is 0. The third-order valence-corrected chi connectivity index (χ3v) is 1.93. The molecule has 1 aromatic rings. The Kier molecular flexibility index (Phi) is 4.72. The van der Waals surface area contributed by atoms with Crippen molar-refractivity contribution in [2.45, 2.75) is 6.54 Å². The van der Waals surface area contributed by atoms with Crippen molar-refractivity contribution >= 4 is 6.47 Å². The molecule has 0 aromatic heterocycles. The van der Waals surface area contributed by atoms with Crippen LogP contribution in [0.4, 0.5) is 0 Å². The fourth-order valence-electron chi connectivity index (χ4n) is 1.22. The van der Waals surface area contributed by atoms with Gasteiger partial charge in [0.15, 0.2) is 0 Å². The highest BCUT2D eigenvalue weighted by molar-refractivity contribution is 5.38. The standard InChI is InChI=1S/C11H14NO2/c1-12(7-8-14-10-13)9-11-5-3-2-4-6-11/h2-6H,7-9H2,1H3. The van der Waals surface area contributed by atoms with E-state index >= 15 is 0 Å². The van der Waals surface area contributed by atoms with Crippen LogP contribution in [-0.4, -0.2) is 31.6 Å². The summed E-state index contributed by atoms with van der Waals surface area (Å²) in [7, 11) is 1.99. The van der Waals surface area contributed by atoms with Gasteiger partial charge in [0.2, 0.25) is 0 Å². The second-order valence-corrected chi connectivity index (χ2v) is 3.16. The highest BCUT2D eigenvalue weighted by Crippen LogP contribution is 2.01. The van der Waals surface area contributed by atoms with Crippen molar-refractivity contribution in [3.8, 4) is 0 Å². The minimum Gasteiger partial charge on any atom is -0.456 e. The van der Waals surface area contributed by atoms with Gasteiger partial charge >= 0.3 is 6.47 Å². The number of nitrogens with zero attached hydrogens (tertiary/aromatic N) is 1. The lowest BCUT2D eigenvalue weighted by Crippen LogP contribution is -2.22. The molecule has 0 aliphatic rings. The molecule has 0 bridgehead atoms. The summed E-state index contributed by atoms with van der Waals surface area (Å²) in [5, 5.41) is 0. The molecule has 0 atom stereocenters. The number of ether oxygens (including phenoxy) is 1. The molecule has 3 heteroatoms. The molecule has 0 aliphatic heterocycles. The van der Waals surface area contributed by atoms with Crippen molar-refractivity contribution in [2.24, 2.45) is 0 Å².